The van der Waals surface area contributed by atoms with Crippen LogP contribution in [0.2, 0.25) is 0 Å². The van der Waals surface area contributed by atoms with E-state index in [4.69, 9.17) is 9.47 Å². The van der Waals surface area contributed by atoms with Gasteiger partial charge in [-0.15, -0.1) is 0 Å². The average molecular weight is 329 g/mol. The van der Waals surface area contributed by atoms with Crippen molar-refractivity contribution >= 4 is 16.7 Å². The van der Waals surface area contributed by atoms with Gasteiger partial charge in [-0.3, -0.25) is 4.79 Å². The number of ether oxygens (including phenoxy) is 2. The van der Waals surface area contributed by atoms with Crippen molar-refractivity contribution in [2.45, 2.75) is 51.2 Å². The quantitative estimate of drug-likeness (QED) is 0.806. The standard InChI is InChI=1S/C19H23NO4/c1-13(19(22)24-15-6-4-3-5-7-15)20-11-10-14-12-16(23-2)8-9-17(14)18(20)21/h8-13,15H,3-7H2,1-2H3. The molecule has 1 aromatic heterocycles. The van der Waals surface area contributed by atoms with E-state index in [-0.39, 0.29) is 17.6 Å². The Kier molecular flexibility index (Phi) is 4.88. The topological polar surface area (TPSA) is 57.5 Å². The van der Waals surface area contributed by atoms with E-state index < -0.39 is 6.04 Å². The summed E-state index contributed by atoms with van der Waals surface area (Å²) in [4.78, 5) is 25.1. The summed E-state index contributed by atoms with van der Waals surface area (Å²) in [5.41, 5.74) is -0.191. The van der Waals surface area contributed by atoms with Crippen LogP contribution in [0.15, 0.2) is 35.3 Å². The molecule has 128 valence electrons. The van der Waals surface area contributed by atoms with Gasteiger partial charge in [0.15, 0.2) is 0 Å². The Labute approximate surface area is 141 Å². The average Bonchev–Trinajstić information content (AvgIpc) is 2.62. The van der Waals surface area contributed by atoms with E-state index in [1.165, 1.54) is 11.0 Å². The van der Waals surface area contributed by atoms with Gasteiger partial charge in [0.05, 0.1) is 7.11 Å². The molecule has 0 aliphatic heterocycles. The van der Waals surface area contributed by atoms with Crippen LogP contribution < -0.4 is 10.3 Å². The molecule has 1 fully saturated rings. The highest BCUT2D eigenvalue weighted by molar-refractivity contribution is 5.83. The lowest BCUT2D eigenvalue weighted by Gasteiger charge is -2.24. The van der Waals surface area contributed by atoms with Gasteiger partial charge in [0.1, 0.15) is 17.9 Å². The molecule has 3 rings (SSSR count). The third-order valence-electron chi connectivity index (χ3n) is 4.73. The summed E-state index contributed by atoms with van der Waals surface area (Å²) in [6.45, 7) is 1.71. The van der Waals surface area contributed by atoms with E-state index in [9.17, 15) is 9.59 Å². The third-order valence-corrected chi connectivity index (χ3v) is 4.73. The number of methoxy groups -OCH3 is 1. The summed E-state index contributed by atoms with van der Waals surface area (Å²) in [5, 5.41) is 1.36. The first-order chi connectivity index (χ1) is 11.6. The number of fused-ring (bicyclic) bond motifs is 1. The van der Waals surface area contributed by atoms with Crippen molar-refractivity contribution in [1.29, 1.82) is 0 Å². The molecule has 1 aliphatic carbocycles. The molecule has 0 saturated heterocycles. The number of benzene rings is 1. The van der Waals surface area contributed by atoms with Crippen LogP contribution in [-0.4, -0.2) is 23.8 Å². The van der Waals surface area contributed by atoms with Crippen LogP contribution in [-0.2, 0) is 9.53 Å². The number of hydrogen-bond donors (Lipinski definition) is 0. The zero-order chi connectivity index (χ0) is 17.1. The van der Waals surface area contributed by atoms with Gasteiger partial charge in [0, 0.05) is 11.6 Å². The van der Waals surface area contributed by atoms with Crippen LogP contribution in [0.4, 0.5) is 0 Å². The van der Waals surface area contributed by atoms with Crippen LogP contribution >= 0.6 is 0 Å². The highest BCUT2D eigenvalue weighted by atomic mass is 16.5. The fourth-order valence-electron chi connectivity index (χ4n) is 3.23. The monoisotopic (exact) mass is 329 g/mol. The minimum absolute atomic E-state index is 0.00544. The van der Waals surface area contributed by atoms with Crippen molar-refractivity contribution in [2.75, 3.05) is 7.11 Å². The molecular formula is C19H23NO4. The second kappa shape index (κ2) is 7.07. The minimum atomic E-state index is -0.633. The van der Waals surface area contributed by atoms with E-state index in [0.29, 0.717) is 11.1 Å². The fraction of sp³-hybridized carbons (Fsp3) is 0.474. The number of rotatable bonds is 4. The molecule has 0 amide bonds. The van der Waals surface area contributed by atoms with Crippen molar-refractivity contribution in [3.63, 3.8) is 0 Å². The molecule has 1 heterocycles. The maximum Gasteiger partial charge on any atom is 0.329 e. The number of carbonyl (C=O) groups is 1. The van der Waals surface area contributed by atoms with Gasteiger partial charge in [0.2, 0.25) is 0 Å². The number of carbonyl (C=O) groups excluding carboxylic acids is 1. The fourth-order valence-corrected chi connectivity index (χ4v) is 3.23. The number of esters is 1. The van der Waals surface area contributed by atoms with Gasteiger partial charge in [0.25, 0.3) is 5.56 Å². The molecular weight excluding hydrogens is 306 g/mol. The highest BCUT2D eigenvalue weighted by Gasteiger charge is 2.23. The van der Waals surface area contributed by atoms with E-state index in [1.807, 2.05) is 12.1 Å². The van der Waals surface area contributed by atoms with Crippen LogP contribution in [0.1, 0.15) is 45.1 Å². The molecule has 2 aromatic rings. The molecule has 5 nitrogen and oxygen atoms in total. The second-order valence-corrected chi connectivity index (χ2v) is 6.35. The first-order valence-corrected chi connectivity index (χ1v) is 8.49. The van der Waals surface area contributed by atoms with Crippen molar-refractivity contribution in [1.82, 2.24) is 4.57 Å². The number of pyridine rings is 1. The molecule has 1 aliphatic rings. The third kappa shape index (κ3) is 3.30. The smallest absolute Gasteiger partial charge is 0.329 e. The zero-order valence-corrected chi connectivity index (χ0v) is 14.2. The van der Waals surface area contributed by atoms with Gasteiger partial charge in [-0.2, -0.15) is 0 Å². The summed E-state index contributed by atoms with van der Waals surface area (Å²) in [6, 6.07) is 6.48. The van der Waals surface area contributed by atoms with Crippen molar-refractivity contribution in [3.05, 3.63) is 40.8 Å². The first-order valence-electron chi connectivity index (χ1n) is 8.49. The van der Waals surface area contributed by atoms with Gasteiger partial charge >= 0.3 is 5.97 Å². The molecule has 0 radical (unpaired) electrons. The Bertz CT molecular complexity index is 790. The largest absolute Gasteiger partial charge is 0.497 e. The van der Waals surface area contributed by atoms with Gasteiger partial charge < -0.3 is 14.0 Å². The Hall–Kier alpha value is -2.30. The number of nitrogens with zero attached hydrogens (tertiary/aromatic N) is 1. The normalized spacial score (nSPS) is 16.8. The molecule has 0 N–H and O–H groups in total. The molecule has 0 bridgehead atoms. The maximum atomic E-state index is 12.7. The molecule has 5 heteroatoms. The van der Waals surface area contributed by atoms with Crippen LogP contribution in [0, 0.1) is 0 Å². The molecule has 0 spiro atoms. The minimum Gasteiger partial charge on any atom is -0.497 e. The van der Waals surface area contributed by atoms with Gasteiger partial charge in [-0.1, -0.05) is 6.42 Å². The SMILES string of the molecule is COc1ccc2c(=O)n(C(C)C(=O)OC3CCCCC3)ccc2c1. The molecule has 24 heavy (non-hydrogen) atoms. The van der Waals surface area contributed by atoms with Crippen molar-refractivity contribution in [3.8, 4) is 5.75 Å². The lowest BCUT2D eigenvalue weighted by atomic mass is 9.98. The Morgan fingerprint density at radius 2 is 1.96 bits per heavy atom. The predicted octanol–water partition coefficient (Wildman–Crippen LogP) is 3.45. The highest BCUT2D eigenvalue weighted by Crippen LogP contribution is 2.23. The van der Waals surface area contributed by atoms with E-state index >= 15 is 0 Å². The summed E-state index contributed by atoms with van der Waals surface area (Å²) >= 11 is 0. The summed E-state index contributed by atoms with van der Waals surface area (Å²) in [5.74, 6) is 0.362. The van der Waals surface area contributed by atoms with E-state index in [2.05, 4.69) is 0 Å². The molecule has 1 saturated carbocycles. The summed E-state index contributed by atoms with van der Waals surface area (Å²) < 4.78 is 12.2. The first kappa shape index (κ1) is 16.6. The number of hydrogen-bond acceptors (Lipinski definition) is 4. The lowest BCUT2D eigenvalue weighted by Crippen LogP contribution is -2.31. The van der Waals surface area contributed by atoms with Gasteiger partial charge in [-0.25, -0.2) is 4.79 Å². The number of aromatic nitrogens is 1. The van der Waals surface area contributed by atoms with E-state index in [1.54, 1.807) is 32.4 Å². The maximum absolute atomic E-state index is 12.7. The Balaban J connectivity index is 1.83. The second-order valence-electron chi connectivity index (χ2n) is 6.35. The van der Waals surface area contributed by atoms with Crippen LogP contribution in [0.5, 0.6) is 5.75 Å². The van der Waals surface area contributed by atoms with E-state index in [0.717, 1.165) is 31.1 Å². The van der Waals surface area contributed by atoms with Crippen molar-refractivity contribution < 1.29 is 14.3 Å². The van der Waals surface area contributed by atoms with Crippen LogP contribution in [0.3, 0.4) is 0 Å². The van der Waals surface area contributed by atoms with Crippen LogP contribution in [0.25, 0.3) is 10.8 Å². The lowest BCUT2D eigenvalue weighted by molar-refractivity contribution is -0.154. The predicted molar refractivity (Wildman–Crippen MR) is 92.4 cm³/mol. The van der Waals surface area contributed by atoms with Gasteiger partial charge in [-0.05, 0) is 62.3 Å². The Morgan fingerprint density at radius 1 is 1.21 bits per heavy atom. The Morgan fingerprint density at radius 3 is 2.67 bits per heavy atom. The zero-order valence-electron chi connectivity index (χ0n) is 14.2. The summed E-state index contributed by atoms with van der Waals surface area (Å²) in [7, 11) is 1.59. The molecule has 1 unspecified atom stereocenters. The summed E-state index contributed by atoms with van der Waals surface area (Å²) in [6.07, 6.45) is 6.90. The molecule has 1 atom stereocenters. The van der Waals surface area contributed by atoms with Crippen molar-refractivity contribution in [2.24, 2.45) is 0 Å². The molecule has 1 aromatic carbocycles.